The molecule has 0 aliphatic heterocycles. The van der Waals surface area contributed by atoms with Gasteiger partial charge < -0.3 is 4.89 Å². The number of halogens is 2. The molecular weight excluding hydrogens is 270 g/mol. The monoisotopic (exact) mass is 282 g/mol. The number of phosphoric acid groups is 1. The molecule has 0 aromatic rings. The van der Waals surface area contributed by atoms with E-state index in [4.69, 9.17) is 28.5 Å². The minimum Gasteiger partial charge on any atom is -0.302 e. The van der Waals surface area contributed by atoms with Gasteiger partial charge in [0, 0.05) is 5.88 Å². The maximum Gasteiger partial charge on any atom is 0.472 e. The minimum absolute atomic E-state index is 0.0515. The van der Waals surface area contributed by atoms with Crippen LogP contribution in [0.1, 0.15) is 6.92 Å². The van der Waals surface area contributed by atoms with Crippen LogP contribution in [-0.4, -0.2) is 40.7 Å². The van der Waals surface area contributed by atoms with Crippen molar-refractivity contribution in [2.24, 2.45) is 0 Å². The van der Waals surface area contributed by atoms with Gasteiger partial charge in [0.05, 0.1) is 12.0 Å². The average Bonchev–Trinajstić information content (AvgIpc) is 2.15. The summed E-state index contributed by atoms with van der Waals surface area (Å²) in [5, 5.41) is 8.12. The van der Waals surface area contributed by atoms with Gasteiger partial charge in [0.15, 0.2) is 0 Å². The van der Waals surface area contributed by atoms with Crippen molar-refractivity contribution in [2.45, 2.75) is 19.1 Å². The SMILES string of the molecule is CC(CCl)OP(=O)(O)OC(CCl)COO. The van der Waals surface area contributed by atoms with E-state index in [9.17, 15) is 9.46 Å². The predicted molar refractivity (Wildman–Crippen MR) is 55.3 cm³/mol. The van der Waals surface area contributed by atoms with Crippen LogP contribution in [0.5, 0.6) is 0 Å². The summed E-state index contributed by atoms with van der Waals surface area (Å²) in [7, 11) is -4.23. The van der Waals surface area contributed by atoms with Crippen LogP contribution in [0.15, 0.2) is 0 Å². The number of rotatable bonds is 8. The third-order valence-electron chi connectivity index (χ3n) is 1.25. The summed E-state index contributed by atoms with van der Waals surface area (Å²) in [5.41, 5.74) is 0. The molecule has 0 rings (SSSR count). The Morgan fingerprint density at radius 2 is 1.93 bits per heavy atom. The maximum atomic E-state index is 11.3. The standard InChI is InChI=1S/C6H13Cl2O6P/c1-5(2-7)13-15(10,11)14-6(3-8)4-12-9/h5-6,9H,2-4H2,1H3,(H,10,11). The lowest BCUT2D eigenvalue weighted by atomic mass is 10.4. The van der Waals surface area contributed by atoms with Crippen molar-refractivity contribution in [3.05, 3.63) is 0 Å². The molecule has 2 N–H and O–H groups in total. The summed E-state index contributed by atoms with van der Waals surface area (Å²) < 4.78 is 20.5. The maximum absolute atomic E-state index is 11.3. The van der Waals surface area contributed by atoms with Crippen molar-refractivity contribution in [1.29, 1.82) is 0 Å². The van der Waals surface area contributed by atoms with Crippen LogP contribution < -0.4 is 0 Å². The fraction of sp³-hybridized carbons (Fsp3) is 1.00. The summed E-state index contributed by atoms with van der Waals surface area (Å²) in [4.78, 5) is 12.9. The molecule has 0 saturated heterocycles. The van der Waals surface area contributed by atoms with Gasteiger partial charge in [-0.1, -0.05) is 0 Å². The van der Waals surface area contributed by atoms with Gasteiger partial charge in [0.1, 0.15) is 12.7 Å². The van der Waals surface area contributed by atoms with Gasteiger partial charge >= 0.3 is 7.82 Å². The lowest BCUT2D eigenvalue weighted by molar-refractivity contribution is -0.253. The second kappa shape index (κ2) is 7.81. The lowest BCUT2D eigenvalue weighted by Crippen LogP contribution is -2.21. The first-order chi connectivity index (χ1) is 6.95. The highest BCUT2D eigenvalue weighted by molar-refractivity contribution is 7.47. The molecule has 0 aromatic carbocycles. The van der Waals surface area contributed by atoms with Gasteiger partial charge in [0.2, 0.25) is 0 Å². The van der Waals surface area contributed by atoms with Gasteiger partial charge in [-0.2, -0.15) is 0 Å². The molecule has 9 heteroatoms. The van der Waals surface area contributed by atoms with Gasteiger partial charge in [-0.15, -0.1) is 23.2 Å². The van der Waals surface area contributed by atoms with Crippen LogP contribution in [0, 0.1) is 0 Å². The van der Waals surface area contributed by atoms with Gasteiger partial charge in [-0.05, 0) is 6.92 Å². The number of phosphoric ester groups is 1. The fourth-order valence-corrected chi connectivity index (χ4v) is 2.14. The van der Waals surface area contributed by atoms with E-state index in [1.165, 1.54) is 6.92 Å². The van der Waals surface area contributed by atoms with Crippen LogP contribution in [0.4, 0.5) is 0 Å². The smallest absolute Gasteiger partial charge is 0.302 e. The van der Waals surface area contributed by atoms with Crippen LogP contribution in [0.25, 0.3) is 0 Å². The zero-order chi connectivity index (χ0) is 11.9. The molecule has 0 bridgehead atoms. The topological polar surface area (TPSA) is 85.2 Å². The van der Waals surface area contributed by atoms with Crippen molar-refractivity contribution in [2.75, 3.05) is 18.4 Å². The first kappa shape index (κ1) is 15.6. The molecule has 0 spiro atoms. The zero-order valence-electron chi connectivity index (χ0n) is 8.01. The Morgan fingerprint density at radius 1 is 1.33 bits per heavy atom. The fourth-order valence-electron chi connectivity index (χ4n) is 0.655. The van der Waals surface area contributed by atoms with E-state index in [0.29, 0.717) is 0 Å². The molecular formula is C6H13Cl2O6P. The average molecular weight is 283 g/mol. The molecule has 92 valence electrons. The molecule has 15 heavy (non-hydrogen) atoms. The molecule has 0 fully saturated rings. The highest BCUT2D eigenvalue weighted by Gasteiger charge is 2.28. The summed E-state index contributed by atoms with van der Waals surface area (Å²) in [5.74, 6) is -0.0698. The summed E-state index contributed by atoms with van der Waals surface area (Å²) in [6.07, 6.45) is -1.57. The van der Waals surface area contributed by atoms with E-state index in [1.54, 1.807) is 0 Å². The molecule has 0 heterocycles. The van der Waals surface area contributed by atoms with Crippen LogP contribution in [0.3, 0.4) is 0 Å². The van der Waals surface area contributed by atoms with E-state index >= 15 is 0 Å². The molecule has 3 atom stereocenters. The van der Waals surface area contributed by atoms with E-state index in [-0.39, 0.29) is 18.4 Å². The highest BCUT2D eigenvalue weighted by atomic mass is 35.5. The predicted octanol–water partition coefficient (Wildman–Crippen LogP) is 1.84. The summed E-state index contributed by atoms with van der Waals surface area (Å²) in [6, 6.07) is 0. The van der Waals surface area contributed by atoms with E-state index in [2.05, 4.69) is 13.9 Å². The molecule has 0 aliphatic rings. The summed E-state index contributed by atoms with van der Waals surface area (Å²) >= 11 is 10.8. The largest absolute Gasteiger partial charge is 0.472 e. The Kier molecular flexibility index (Phi) is 8.13. The van der Waals surface area contributed by atoms with Gasteiger partial charge in [-0.3, -0.25) is 14.3 Å². The Labute approximate surface area is 97.6 Å². The van der Waals surface area contributed by atoms with Crippen molar-refractivity contribution < 1.29 is 28.7 Å². The summed E-state index contributed by atoms with van der Waals surface area (Å²) in [6.45, 7) is 1.18. The zero-order valence-corrected chi connectivity index (χ0v) is 10.4. The van der Waals surface area contributed by atoms with Crippen LogP contribution in [0.2, 0.25) is 0 Å². The molecule has 0 amide bonds. The van der Waals surface area contributed by atoms with E-state index in [0.717, 1.165) is 0 Å². The van der Waals surface area contributed by atoms with Crippen LogP contribution in [-0.2, 0) is 18.5 Å². The Bertz CT molecular complexity index is 216. The first-order valence-corrected chi connectivity index (χ1v) is 6.59. The van der Waals surface area contributed by atoms with Crippen molar-refractivity contribution in [3.63, 3.8) is 0 Å². The van der Waals surface area contributed by atoms with E-state index in [1.807, 2.05) is 0 Å². The first-order valence-electron chi connectivity index (χ1n) is 4.03. The number of alkyl halides is 2. The molecule has 3 unspecified atom stereocenters. The Balaban J connectivity index is 4.15. The molecule has 0 aliphatic carbocycles. The van der Waals surface area contributed by atoms with Crippen molar-refractivity contribution in [1.82, 2.24) is 0 Å². The van der Waals surface area contributed by atoms with E-state index < -0.39 is 20.0 Å². The normalized spacial score (nSPS) is 19.5. The molecule has 6 nitrogen and oxygen atoms in total. The van der Waals surface area contributed by atoms with Crippen molar-refractivity contribution in [3.8, 4) is 0 Å². The highest BCUT2D eigenvalue weighted by Crippen LogP contribution is 2.46. The van der Waals surface area contributed by atoms with Gasteiger partial charge in [0.25, 0.3) is 0 Å². The van der Waals surface area contributed by atoms with Crippen molar-refractivity contribution >= 4 is 31.0 Å². The third-order valence-corrected chi connectivity index (χ3v) is 3.21. The third kappa shape index (κ3) is 7.49. The second-order valence-electron chi connectivity index (χ2n) is 2.72. The molecule has 0 radical (unpaired) electrons. The molecule has 0 aromatic heterocycles. The van der Waals surface area contributed by atoms with Crippen LogP contribution >= 0.6 is 31.0 Å². The Morgan fingerprint density at radius 3 is 2.33 bits per heavy atom. The second-order valence-corrected chi connectivity index (χ2v) is 4.69. The minimum atomic E-state index is -4.23. The lowest BCUT2D eigenvalue weighted by Gasteiger charge is -2.19. The van der Waals surface area contributed by atoms with Gasteiger partial charge in [-0.25, -0.2) is 9.45 Å². The number of hydrogen-bond acceptors (Lipinski definition) is 5. The number of hydrogen-bond donors (Lipinski definition) is 2. The molecule has 0 saturated carbocycles. The Hall–Kier alpha value is 0.610. The quantitative estimate of drug-likeness (QED) is 0.306.